The van der Waals surface area contributed by atoms with Gasteiger partial charge in [-0.05, 0) is 65.7 Å². The molecule has 1 aliphatic heterocycles. The van der Waals surface area contributed by atoms with Crippen LogP contribution in [0, 0.1) is 0 Å². The number of benzene rings is 4. The average molecular weight is 470 g/mol. The minimum atomic E-state index is 0.796. The zero-order valence-corrected chi connectivity index (χ0v) is 19.4. The Kier molecular flexibility index (Phi) is 4.60. The van der Waals surface area contributed by atoms with Gasteiger partial charge in [-0.1, -0.05) is 54.6 Å². The Bertz CT molecular complexity index is 1630. The third-order valence-electron chi connectivity index (χ3n) is 6.14. The van der Waals surface area contributed by atoms with Crippen molar-refractivity contribution >= 4 is 38.7 Å². The lowest BCUT2D eigenvalue weighted by Crippen LogP contribution is -2.15. The smallest absolute Gasteiger partial charge is 0.170 e. The van der Waals surface area contributed by atoms with Crippen molar-refractivity contribution in [2.24, 2.45) is 0 Å². The van der Waals surface area contributed by atoms with Gasteiger partial charge in [0.2, 0.25) is 0 Å². The lowest BCUT2D eigenvalue weighted by atomic mass is 10.0. The molecule has 0 atom stereocenters. The van der Waals surface area contributed by atoms with Gasteiger partial charge in [0.25, 0.3) is 0 Å². The SMILES string of the molecule is c1cc(-c2cccc(N3c4ccccc4Oc4ccccc43)c2)cc(-c2nc3ncccc3s2)c1. The van der Waals surface area contributed by atoms with Crippen LogP contribution in [0.2, 0.25) is 0 Å². The van der Waals surface area contributed by atoms with Crippen LogP contribution in [-0.4, -0.2) is 9.97 Å². The van der Waals surface area contributed by atoms with Crippen molar-refractivity contribution in [2.75, 3.05) is 4.90 Å². The molecule has 5 heteroatoms. The second kappa shape index (κ2) is 8.08. The second-order valence-corrected chi connectivity index (χ2v) is 9.38. The summed E-state index contributed by atoms with van der Waals surface area (Å²) in [6, 6.07) is 37.5. The minimum Gasteiger partial charge on any atom is -0.453 e. The van der Waals surface area contributed by atoms with Crippen LogP contribution in [-0.2, 0) is 0 Å². The van der Waals surface area contributed by atoms with Gasteiger partial charge in [-0.3, -0.25) is 0 Å². The summed E-state index contributed by atoms with van der Waals surface area (Å²) < 4.78 is 7.28. The molecular formula is C30H19N3OS. The maximum absolute atomic E-state index is 6.18. The molecule has 3 heterocycles. The molecule has 0 N–H and O–H groups in total. The van der Waals surface area contributed by atoms with Gasteiger partial charge < -0.3 is 9.64 Å². The topological polar surface area (TPSA) is 38.2 Å². The third-order valence-corrected chi connectivity index (χ3v) is 7.20. The predicted octanol–water partition coefficient (Wildman–Crippen LogP) is 8.60. The van der Waals surface area contributed by atoms with Gasteiger partial charge in [-0.25, -0.2) is 9.97 Å². The van der Waals surface area contributed by atoms with Gasteiger partial charge in [-0.2, -0.15) is 0 Å². The normalized spacial score (nSPS) is 12.2. The summed E-state index contributed by atoms with van der Waals surface area (Å²) in [4.78, 5) is 11.4. The summed E-state index contributed by atoms with van der Waals surface area (Å²) in [6.07, 6.45) is 1.79. The largest absolute Gasteiger partial charge is 0.453 e. The maximum atomic E-state index is 6.18. The highest BCUT2D eigenvalue weighted by Gasteiger charge is 2.25. The third kappa shape index (κ3) is 3.45. The molecule has 0 radical (unpaired) electrons. The van der Waals surface area contributed by atoms with Gasteiger partial charge >= 0.3 is 0 Å². The van der Waals surface area contributed by atoms with Crippen molar-refractivity contribution in [1.82, 2.24) is 9.97 Å². The van der Waals surface area contributed by atoms with Crippen LogP contribution >= 0.6 is 11.3 Å². The fourth-order valence-electron chi connectivity index (χ4n) is 4.53. The number of pyridine rings is 1. The summed E-state index contributed by atoms with van der Waals surface area (Å²) in [7, 11) is 0. The van der Waals surface area contributed by atoms with Crippen LogP contribution in [0.5, 0.6) is 11.5 Å². The van der Waals surface area contributed by atoms with Crippen LogP contribution in [0.3, 0.4) is 0 Å². The Balaban J connectivity index is 1.32. The fourth-order valence-corrected chi connectivity index (χ4v) is 5.45. The molecule has 0 saturated carbocycles. The van der Waals surface area contributed by atoms with Crippen molar-refractivity contribution < 1.29 is 4.74 Å². The van der Waals surface area contributed by atoms with Crippen LogP contribution < -0.4 is 9.64 Å². The molecule has 2 aromatic heterocycles. The number of anilines is 3. The highest BCUT2D eigenvalue weighted by molar-refractivity contribution is 7.21. The lowest BCUT2D eigenvalue weighted by molar-refractivity contribution is 0.477. The summed E-state index contributed by atoms with van der Waals surface area (Å²) in [5, 5.41) is 0.979. The van der Waals surface area contributed by atoms with Gasteiger partial charge in [0.1, 0.15) is 5.01 Å². The molecule has 1 aliphatic rings. The quantitative estimate of drug-likeness (QED) is 0.260. The van der Waals surface area contributed by atoms with E-state index < -0.39 is 0 Å². The Morgan fingerprint density at radius 3 is 2.09 bits per heavy atom. The first-order valence-corrected chi connectivity index (χ1v) is 12.2. The number of hydrogen-bond acceptors (Lipinski definition) is 5. The molecule has 0 unspecified atom stereocenters. The molecule has 0 aliphatic carbocycles. The van der Waals surface area contributed by atoms with E-state index in [1.165, 1.54) is 0 Å². The first kappa shape index (κ1) is 19.9. The van der Waals surface area contributed by atoms with E-state index >= 15 is 0 Å². The van der Waals surface area contributed by atoms with Gasteiger partial charge in [-0.15, -0.1) is 11.3 Å². The number of ether oxygens (including phenoxy) is 1. The Morgan fingerprint density at radius 2 is 1.31 bits per heavy atom. The lowest BCUT2D eigenvalue weighted by Gasteiger charge is -2.33. The molecule has 166 valence electrons. The molecule has 35 heavy (non-hydrogen) atoms. The Labute approximate surface area is 206 Å². The zero-order chi connectivity index (χ0) is 23.2. The molecule has 7 rings (SSSR count). The van der Waals surface area contributed by atoms with Gasteiger partial charge in [0.05, 0.1) is 16.1 Å². The van der Waals surface area contributed by atoms with E-state index in [9.17, 15) is 0 Å². The average Bonchev–Trinajstić information content (AvgIpc) is 3.36. The van der Waals surface area contributed by atoms with Gasteiger partial charge in [0.15, 0.2) is 17.1 Å². The molecule has 6 aromatic rings. The number of nitrogens with zero attached hydrogens (tertiary/aromatic N) is 3. The maximum Gasteiger partial charge on any atom is 0.170 e. The fraction of sp³-hybridized carbons (Fsp3) is 0. The molecule has 4 aromatic carbocycles. The van der Waals surface area contributed by atoms with Crippen molar-refractivity contribution in [3.8, 4) is 33.2 Å². The number of thiazole rings is 1. The minimum absolute atomic E-state index is 0.796. The first-order chi connectivity index (χ1) is 17.3. The summed E-state index contributed by atoms with van der Waals surface area (Å²) in [6.45, 7) is 0. The molecule has 0 amide bonds. The van der Waals surface area contributed by atoms with E-state index in [4.69, 9.17) is 9.72 Å². The number of rotatable bonds is 3. The van der Waals surface area contributed by atoms with Crippen molar-refractivity contribution in [3.63, 3.8) is 0 Å². The van der Waals surface area contributed by atoms with E-state index in [0.717, 1.165) is 60.6 Å². The molecule has 4 nitrogen and oxygen atoms in total. The van der Waals surface area contributed by atoms with Crippen LogP contribution in [0.25, 0.3) is 32.0 Å². The van der Waals surface area contributed by atoms with Crippen molar-refractivity contribution in [3.05, 3.63) is 115 Å². The highest BCUT2D eigenvalue weighted by Crippen LogP contribution is 2.50. The monoisotopic (exact) mass is 469 g/mol. The first-order valence-electron chi connectivity index (χ1n) is 11.4. The van der Waals surface area contributed by atoms with E-state index in [2.05, 4.69) is 76.6 Å². The van der Waals surface area contributed by atoms with Crippen molar-refractivity contribution in [2.45, 2.75) is 0 Å². The highest BCUT2D eigenvalue weighted by atomic mass is 32.1. The number of hydrogen-bond donors (Lipinski definition) is 0. The Hall–Kier alpha value is -4.48. The summed E-state index contributed by atoms with van der Waals surface area (Å²) in [5.74, 6) is 1.70. The van der Waals surface area contributed by atoms with E-state index in [1.807, 2.05) is 42.5 Å². The van der Waals surface area contributed by atoms with Crippen LogP contribution in [0.15, 0.2) is 115 Å². The zero-order valence-electron chi connectivity index (χ0n) is 18.6. The summed E-state index contributed by atoms with van der Waals surface area (Å²) in [5.41, 5.74) is 7.32. The Morgan fingerprint density at radius 1 is 0.629 bits per heavy atom. The summed E-state index contributed by atoms with van der Waals surface area (Å²) >= 11 is 1.67. The van der Waals surface area contributed by atoms with Crippen LogP contribution in [0.4, 0.5) is 17.1 Å². The van der Waals surface area contributed by atoms with E-state index in [-0.39, 0.29) is 0 Å². The number of fused-ring (bicyclic) bond motifs is 3. The van der Waals surface area contributed by atoms with E-state index in [0.29, 0.717) is 0 Å². The van der Waals surface area contributed by atoms with Gasteiger partial charge in [0, 0.05) is 17.4 Å². The molecule has 0 bridgehead atoms. The number of aromatic nitrogens is 2. The number of para-hydroxylation sites is 4. The standard InChI is InChI=1S/C30H19N3OS/c1-3-14-26-24(12-1)33(25-13-2-4-15-27(25)34-26)23-11-6-9-21(19-23)20-8-5-10-22(18-20)30-32-29-28(35-30)16-7-17-31-29/h1-19H. The second-order valence-electron chi connectivity index (χ2n) is 8.35. The predicted molar refractivity (Wildman–Crippen MR) is 143 cm³/mol. The molecular weight excluding hydrogens is 450 g/mol. The molecule has 0 spiro atoms. The van der Waals surface area contributed by atoms with E-state index in [1.54, 1.807) is 17.5 Å². The molecule has 0 fully saturated rings. The molecule has 0 saturated heterocycles. The van der Waals surface area contributed by atoms with Crippen LogP contribution in [0.1, 0.15) is 0 Å². The van der Waals surface area contributed by atoms with Crippen molar-refractivity contribution in [1.29, 1.82) is 0 Å².